The van der Waals surface area contributed by atoms with Gasteiger partial charge in [0.25, 0.3) is 0 Å². The van der Waals surface area contributed by atoms with Crippen molar-refractivity contribution in [3.8, 4) is 0 Å². The van der Waals surface area contributed by atoms with Crippen LogP contribution in [0.2, 0.25) is 0 Å². The predicted molar refractivity (Wildman–Crippen MR) is 171 cm³/mol. The lowest BCUT2D eigenvalue weighted by Crippen LogP contribution is -2.62. The lowest BCUT2D eigenvalue weighted by Gasteiger charge is -2.63. The Hall–Kier alpha value is -0.650. The first-order valence-corrected chi connectivity index (χ1v) is 20.5. The lowest BCUT2D eigenvalue weighted by molar-refractivity contribution is -0.183. The largest absolute Gasteiger partial charge is 0.397 e. The summed E-state index contributed by atoms with van der Waals surface area (Å²) in [5.41, 5.74) is 0.611. The molecule has 0 aromatic rings. The Morgan fingerprint density at radius 1 is 0.783 bits per heavy atom. The minimum absolute atomic E-state index is 0.0217. The molecule has 0 aliphatic heterocycles. The molecule has 4 unspecified atom stereocenters. The second-order valence-corrected chi connectivity index (χ2v) is 19.2. The minimum atomic E-state index is -5.07. The third-order valence-corrected chi connectivity index (χ3v) is 14.8. The van der Waals surface area contributed by atoms with Crippen LogP contribution in [0.4, 0.5) is 0 Å². The third kappa shape index (κ3) is 7.88. The van der Waals surface area contributed by atoms with Crippen LogP contribution in [0.25, 0.3) is 0 Å². The summed E-state index contributed by atoms with van der Waals surface area (Å²) in [6, 6.07) is 0. The topological polar surface area (TPSA) is 191 Å². The first-order chi connectivity index (χ1) is 20.8. The highest BCUT2D eigenvalue weighted by Gasteiger charge is 2.65. The summed E-state index contributed by atoms with van der Waals surface area (Å²) in [7, 11) is -15.0. The number of fused-ring (bicyclic) bond motifs is 5. The van der Waals surface area contributed by atoms with Gasteiger partial charge < -0.3 is 0 Å². The maximum Gasteiger partial charge on any atom is 0.397 e. The van der Waals surface area contributed by atoms with Crippen molar-refractivity contribution in [3.05, 3.63) is 11.6 Å². The lowest BCUT2D eigenvalue weighted by atomic mass is 9.43. The van der Waals surface area contributed by atoms with Crippen LogP contribution in [0, 0.1) is 57.7 Å². The van der Waals surface area contributed by atoms with Crippen LogP contribution in [-0.2, 0) is 43.7 Å². The fourth-order valence-electron chi connectivity index (χ4n) is 10.3. The van der Waals surface area contributed by atoms with Crippen molar-refractivity contribution in [3.63, 3.8) is 0 Å². The first kappa shape index (κ1) is 38.2. The van der Waals surface area contributed by atoms with Crippen LogP contribution in [0.5, 0.6) is 0 Å². The van der Waals surface area contributed by atoms with Crippen molar-refractivity contribution < 1.29 is 51.5 Å². The van der Waals surface area contributed by atoms with Crippen molar-refractivity contribution in [1.29, 1.82) is 0 Å². The molecular formula is C31H54O12S3. The highest BCUT2D eigenvalue weighted by Crippen LogP contribution is 2.69. The van der Waals surface area contributed by atoms with Gasteiger partial charge in [-0.25, -0.2) is 12.5 Å². The summed E-state index contributed by atoms with van der Waals surface area (Å²) in [4.78, 5) is 0. The van der Waals surface area contributed by atoms with Crippen LogP contribution >= 0.6 is 0 Å². The van der Waals surface area contributed by atoms with Crippen molar-refractivity contribution in [2.45, 2.75) is 125 Å². The van der Waals surface area contributed by atoms with Gasteiger partial charge in [0.05, 0.1) is 6.10 Å². The fraction of sp³-hybridized carbons (Fsp3) is 0.935. The zero-order valence-corrected chi connectivity index (χ0v) is 30.7. The summed E-state index contributed by atoms with van der Waals surface area (Å²) < 4.78 is 115. The van der Waals surface area contributed by atoms with Gasteiger partial charge in [-0.15, -0.1) is 0 Å². The second-order valence-electron chi connectivity index (χ2n) is 16.1. The molecule has 0 aromatic carbocycles. The Kier molecular flexibility index (Phi) is 10.7. The number of rotatable bonds is 11. The van der Waals surface area contributed by atoms with Crippen LogP contribution in [0.1, 0.15) is 107 Å². The Labute approximate surface area is 276 Å². The van der Waals surface area contributed by atoms with E-state index in [-0.39, 0.29) is 41.4 Å². The molecule has 4 saturated carbocycles. The zero-order chi connectivity index (χ0) is 34.8. The van der Waals surface area contributed by atoms with E-state index in [0.717, 1.165) is 32.1 Å². The normalized spacial score (nSPS) is 39.9. The molecule has 15 heteroatoms. The number of allylic oxidation sites excluding steroid dienone is 2. The third-order valence-electron chi connectivity index (χ3n) is 13.4. The van der Waals surface area contributed by atoms with Crippen LogP contribution in [-0.4, -0.2) is 57.2 Å². The van der Waals surface area contributed by atoms with E-state index in [9.17, 15) is 38.9 Å². The fourth-order valence-corrected chi connectivity index (χ4v) is 11.8. The van der Waals surface area contributed by atoms with Gasteiger partial charge in [0.1, 0.15) is 12.2 Å². The predicted octanol–water partition coefficient (Wildman–Crippen LogP) is 6.08. The molecule has 4 aliphatic carbocycles. The second kappa shape index (κ2) is 12.9. The van der Waals surface area contributed by atoms with E-state index in [2.05, 4.69) is 54.5 Å². The molecule has 0 bridgehead atoms. The van der Waals surface area contributed by atoms with Crippen molar-refractivity contribution in [2.24, 2.45) is 57.7 Å². The molecule has 0 heterocycles. The van der Waals surface area contributed by atoms with Crippen LogP contribution < -0.4 is 0 Å². The van der Waals surface area contributed by atoms with Crippen molar-refractivity contribution in [1.82, 2.24) is 0 Å². The maximum atomic E-state index is 12.1. The summed E-state index contributed by atoms with van der Waals surface area (Å²) in [6.07, 6.45) is 2.85. The van der Waals surface area contributed by atoms with E-state index in [1.54, 1.807) is 0 Å². The molecule has 268 valence electrons. The monoisotopic (exact) mass is 714 g/mol. The van der Waals surface area contributed by atoms with Gasteiger partial charge in [0.2, 0.25) is 0 Å². The molecule has 0 aromatic heterocycles. The van der Waals surface area contributed by atoms with Gasteiger partial charge in [-0.05, 0) is 116 Å². The van der Waals surface area contributed by atoms with E-state index >= 15 is 0 Å². The van der Waals surface area contributed by atoms with E-state index in [0.29, 0.717) is 24.2 Å². The van der Waals surface area contributed by atoms with E-state index in [1.807, 2.05) is 6.92 Å². The molecule has 0 radical (unpaired) electrons. The first-order valence-electron chi connectivity index (χ1n) is 16.4. The quantitative estimate of drug-likeness (QED) is 0.165. The molecule has 46 heavy (non-hydrogen) atoms. The van der Waals surface area contributed by atoms with Gasteiger partial charge >= 0.3 is 31.2 Å². The molecule has 0 spiro atoms. The smallest absolute Gasteiger partial charge is 0.264 e. The van der Waals surface area contributed by atoms with Crippen LogP contribution in [0.15, 0.2) is 11.6 Å². The molecule has 0 saturated heterocycles. The average molecular weight is 715 g/mol. The maximum absolute atomic E-state index is 12.1. The molecule has 0 amide bonds. The van der Waals surface area contributed by atoms with E-state index in [1.165, 1.54) is 5.57 Å². The van der Waals surface area contributed by atoms with E-state index < -0.39 is 60.8 Å². The average Bonchev–Trinajstić information content (AvgIpc) is 3.22. The molecule has 4 rings (SSSR count). The highest BCUT2D eigenvalue weighted by atomic mass is 32.3. The molecule has 12 nitrogen and oxygen atoms in total. The van der Waals surface area contributed by atoms with Gasteiger partial charge in [-0.3, -0.25) is 13.7 Å². The summed E-state index contributed by atoms with van der Waals surface area (Å²) >= 11 is 0. The minimum Gasteiger partial charge on any atom is -0.264 e. The van der Waals surface area contributed by atoms with Gasteiger partial charge in [0, 0.05) is 0 Å². The molecule has 3 N–H and O–H groups in total. The van der Waals surface area contributed by atoms with E-state index in [4.69, 9.17) is 12.5 Å². The van der Waals surface area contributed by atoms with Crippen LogP contribution in [0.3, 0.4) is 0 Å². The van der Waals surface area contributed by atoms with Gasteiger partial charge in [-0.1, -0.05) is 60.1 Å². The Bertz CT molecular complexity index is 1490. The summed E-state index contributed by atoms with van der Waals surface area (Å²) in [5, 5.41) is 0. The molecule has 4 aliphatic rings. The van der Waals surface area contributed by atoms with Crippen molar-refractivity contribution >= 4 is 31.2 Å². The Balaban J connectivity index is 1.67. The number of hydrogen-bond acceptors (Lipinski definition) is 9. The Morgan fingerprint density at radius 3 is 1.85 bits per heavy atom. The highest BCUT2D eigenvalue weighted by molar-refractivity contribution is 7.81. The van der Waals surface area contributed by atoms with Crippen molar-refractivity contribution in [2.75, 3.05) is 0 Å². The molecular weight excluding hydrogens is 661 g/mol. The van der Waals surface area contributed by atoms with Gasteiger partial charge in [0.15, 0.2) is 0 Å². The Morgan fingerprint density at radius 2 is 1.30 bits per heavy atom. The van der Waals surface area contributed by atoms with Gasteiger partial charge in [-0.2, -0.15) is 25.3 Å². The summed E-state index contributed by atoms with van der Waals surface area (Å²) in [6.45, 7) is 17.8. The molecule has 11 atom stereocenters. The number of hydrogen-bond donors (Lipinski definition) is 3. The standard InChI is InChI=1S/C31H54O12S3/c1-18(2)29(5,6)20(4)10-9-19(3)22-11-12-23-21-15-26(41-44(32,33)34)25-16-27(42-45(35,36)37)28(43-46(38,39)40)17-31(25,8)24(21)13-14-30(22,23)7/h10,18-19,21-28H,9,11-17H2,1-8H3,(H,32,33,34)(H,35,36,37)(H,38,39,40)/b20-10+/t19?,21?,22-,23?,24?,25-,26+,27+,28+,30-,31-/m1/s1. The zero-order valence-electron chi connectivity index (χ0n) is 28.2. The summed E-state index contributed by atoms with van der Waals surface area (Å²) in [5.74, 6) is 0.836. The molecule has 4 fully saturated rings. The SMILES string of the molecule is C/C(=C\CC(C)[C@H]1CCC2C3C[C@H](OS(=O)(=O)O)[C@H]4C[C@H](OS(=O)(=O)O)[C@@H](OS(=O)(=O)O)C[C@]4(C)C3CC[C@@]21C)C(C)(C)C(C)C.